The van der Waals surface area contributed by atoms with Crippen LogP contribution in [0.5, 0.6) is 0 Å². The quantitative estimate of drug-likeness (QED) is 0.620. The van der Waals surface area contributed by atoms with Crippen LogP contribution < -0.4 is 0 Å². The Kier molecular flexibility index (Phi) is 15.3. The van der Waals surface area contributed by atoms with Gasteiger partial charge in [-0.2, -0.15) is 30.3 Å². The molecule has 0 spiro atoms. The number of aryl methyl sites for hydroxylation is 1. The predicted octanol–water partition coefficient (Wildman–Crippen LogP) is 5.85. The summed E-state index contributed by atoms with van der Waals surface area (Å²) in [6.07, 6.45) is 0. The van der Waals surface area contributed by atoms with Crippen LogP contribution in [0.4, 0.5) is 0 Å². The molecule has 97 valence electrons. The fourth-order valence-electron chi connectivity index (χ4n) is 1.18. The minimum Gasteiger partial charge on any atom is -0.184 e. The molecule has 2 rings (SSSR count). The van der Waals surface area contributed by atoms with Crippen LogP contribution >= 0.6 is 11.8 Å². The Labute approximate surface area is 142 Å². The van der Waals surface area contributed by atoms with Gasteiger partial charge in [-0.15, -0.1) is 11.8 Å². The fraction of sp³-hybridized carbons (Fsp3) is 0.250. The molecular weight excluding hydrogens is 313 g/mol. The van der Waals surface area contributed by atoms with E-state index in [1.807, 2.05) is 12.1 Å². The molecule has 0 bridgehead atoms. The van der Waals surface area contributed by atoms with E-state index in [4.69, 9.17) is 0 Å². The van der Waals surface area contributed by atoms with Crippen molar-refractivity contribution in [2.45, 2.75) is 39.0 Å². The third-order valence-corrected chi connectivity index (χ3v) is 2.96. The molecule has 0 aliphatic heterocycles. The molecule has 0 N–H and O–H groups in total. The second kappa shape index (κ2) is 12.0. The van der Waals surface area contributed by atoms with Crippen LogP contribution in [0.25, 0.3) is 0 Å². The summed E-state index contributed by atoms with van der Waals surface area (Å²) in [5.74, 6) is 0. The molecule has 0 unspecified atom stereocenters. The first-order valence-corrected chi connectivity index (χ1v) is 5.37. The first-order valence-electron chi connectivity index (χ1n) is 4.55. The summed E-state index contributed by atoms with van der Waals surface area (Å²) in [4.78, 5) is 2.54. The summed E-state index contributed by atoms with van der Waals surface area (Å²) in [6, 6.07) is 19.6. The van der Waals surface area contributed by atoms with Crippen LogP contribution in [0.3, 0.4) is 0 Å². The zero-order valence-corrected chi connectivity index (χ0v) is 12.3. The van der Waals surface area contributed by atoms with Crippen molar-refractivity contribution in [3.63, 3.8) is 0 Å². The van der Waals surface area contributed by atoms with E-state index in [1.54, 1.807) is 11.8 Å². The number of hydrogen-bond acceptors (Lipinski definition) is 1. The average molecular weight is 336 g/mol. The topological polar surface area (TPSA) is 0 Å². The van der Waals surface area contributed by atoms with E-state index < -0.39 is 0 Å². The Hall–Kier alpha value is -0.106. The standard InChI is InChI=1S/C13H11S.3CH4.Y/c1-11-7-9-13(10-8-11)14-12-5-3-2-4-6-12;;;;/h3-10H,1H3;3*1H4;/q-1;;;;. The van der Waals surface area contributed by atoms with Crippen molar-refractivity contribution in [1.82, 2.24) is 0 Å². The minimum atomic E-state index is 0. The summed E-state index contributed by atoms with van der Waals surface area (Å²) in [6.45, 7) is 2.10. The Balaban J connectivity index is -0.000000562. The Bertz CT molecular complexity index is 395. The number of benzene rings is 2. The molecule has 0 amide bonds. The van der Waals surface area contributed by atoms with Gasteiger partial charge in [-0.1, -0.05) is 44.9 Å². The third kappa shape index (κ3) is 7.36. The van der Waals surface area contributed by atoms with Crippen LogP contribution in [0.2, 0.25) is 0 Å². The Morgan fingerprint density at radius 1 is 0.778 bits per heavy atom. The van der Waals surface area contributed by atoms with Gasteiger partial charge >= 0.3 is 0 Å². The molecule has 0 saturated carbocycles. The van der Waals surface area contributed by atoms with Crippen molar-refractivity contribution < 1.29 is 32.7 Å². The maximum Gasteiger partial charge on any atom is 0.0101 e. The fourth-order valence-corrected chi connectivity index (χ4v) is 2.00. The van der Waals surface area contributed by atoms with E-state index >= 15 is 0 Å². The molecule has 0 atom stereocenters. The van der Waals surface area contributed by atoms with Gasteiger partial charge in [0.2, 0.25) is 0 Å². The summed E-state index contributed by atoms with van der Waals surface area (Å²) in [5.41, 5.74) is 1.30. The Morgan fingerprint density at radius 2 is 1.22 bits per heavy atom. The summed E-state index contributed by atoms with van der Waals surface area (Å²) >= 11 is 1.78. The van der Waals surface area contributed by atoms with E-state index in [-0.39, 0.29) is 55.0 Å². The number of rotatable bonds is 2. The average Bonchev–Trinajstić information content (AvgIpc) is 2.23. The van der Waals surface area contributed by atoms with Crippen molar-refractivity contribution in [2.75, 3.05) is 0 Å². The van der Waals surface area contributed by atoms with Crippen molar-refractivity contribution in [1.29, 1.82) is 0 Å². The molecule has 2 aromatic rings. The molecule has 2 heteroatoms. The van der Waals surface area contributed by atoms with E-state index in [0.717, 1.165) is 0 Å². The largest absolute Gasteiger partial charge is 0.184 e. The monoisotopic (exact) mass is 336 g/mol. The van der Waals surface area contributed by atoms with E-state index in [0.29, 0.717) is 0 Å². The molecule has 0 aliphatic rings. The minimum absolute atomic E-state index is 0. The van der Waals surface area contributed by atoms with Crippen LogP contribution in [0.1, 0.15) is 27.8 Å². The van der Waals surface area contributed by atoms with E-state index in [2.05, 4.69) is 49.4 Å². The maximum atomic E-state index is 3.01. The third-order valence-electron chi connectivity index (χ3n) is 1.94. The van der Waals surface area contributed by atoms with Crippen LogP contribution in [0, 0.1) is 13.0 Å². The van der Waals surface area contributed by atoms with Gasteiger partial charge in [-0.05, 0) is 19.1 Å². The molecule has 0 aliphatic carbocycles. The van der Waals surface area contributed by atoms with E-state index in [9.17, 15) is 0 Å². The molecule has 0 saturated heterocycles. The normalized spacial score (nSPS) is 7.83. The second-order valence-electron chi connectivity index (χ2n) is 3.15. The molecule has 1 radical (unpaired) electrons. The van der Waals surface area contributed by atoms with Gasteiger partial charge in [0, 0.05) is 37.6 Å². The van der Waals surface area contributed by atoms with E-state index in [1.165, 1.54) is 15.4 Å². The zero-order valence-electron chi connectivity index (χ0n) is 8.60. The van der Waals surface area contributed by atoms with Gasteiger partial charge in [0.15, 0.2) is 0 Å². The summed E-state index contributed by atoms with van der Waals surface area (Å²) in [5, 5.41) is 0. The Morgan fingerprint density at radius 3 is 1.72 bits per heavy atom. The summed E-state index contributed by atoms with van der Waals surface area (Å²) in [7, 11) is 0. The van der Waals surface area contributed by atoms with Gasteiger partial charge < -0.3 is 0 Å². The van der Waals surface area contributed by atoms with Crippen molar-refractivity contribution in [3.05, 3.63) is 60.2 Å². The molecule has 18 heavy (non-hydrogen) atoms. The molecule has 0 fully saturated rings. The van der Waals surface area contributed by atoms with Crippen molar-refractivity contribution in [2.24, 2.45) is 0 Å². The first kappa shape index (κ1) is 23.0. The number of hydrogen-bond donors (Lipinski definition) is 0. The van der Waals surface area contributed by atoms with Gasteiger partial charge in [-0.3, -0.25) is 0 Å². The van der Waals surface area contributed by atoms with Crippen LogP contribution in [-0.2, 0) is 32.7 Å². The maximum absolute atomic E-state index is 3.01. The first-order chi connectivity index (χ1) is 6.84. The van der Waals surface area contributed by atoms with Gasteiger partial charge in [-0.25, -0.2) is 0 Å². The molecular formula is C16H23SY-. The molecule has 0 heterocycles. The second-order valence-corrected chi connectivity index (χ2v) is 4.30. The van der Waals surface area contributed by atoms with Crippen molar-refractivity contribution in [3.8, 4) is 0 Å². The van der Waals surface area contributed by atoms with Gasteiger partial charge in [0.1, 0.15) is 0 Å². The SMILES string of the molecule is C.C.C.Cc1ccc(Sc2cc[c-]cc2)cc1.[Y]. The van der Waals surface area contributed by atoms with Crippen LogP contribution in [-0.4, -0.2) is 0 Å². The zero-order chi connectivity index (χ0) is 9.80. The summed E-state index contributed by atoms with van der Waals surface area (Å²) < 4.78 is 0. The predicted molar refractivity (Wildman–Crippen MR) is 80.8 cm³/mol. The van der Waals surface area contributed by atoms with Crippen molar-refractivity contribution >= 4 is 11.8 Å². The molecule has 2 aromatic carbocycles. The molecule has 0 aromatic heterocycles. The van der Waals surface area contributed by atoms with Gasteiger partial charge in [0.05, 0.1) is 0 Å². The van der Waals surface area contributed by atoms with Crippen LogP contribution in [0.15, 0.2) is 58.3 Å². The van der Waals surface area contributed by atoms with Gasteiger partial charge in [0.25, 0.3) is 0 Å². The molecule has 0 nitrogen and oxygen atoms in total. The smallest absolute Gasteiger partial charge is 0.0101 e.